The molecule has 6 heteroatoms. The molecule has 0 radical (unpaired) electrons. The molecule has 2 unspecified atom stereocenters. The maximum absolute atomic E-state index is 5.97. The first-order chi connectivity index (χ1) is 9.74. The molecule has 112 valence electrons. The van der Waals surface area contributed by atoms with Crippen LogP contribution >= 0.6 is 0 Å². The van der Waals surface area contributed by atoms with Crippen molar-refractivity contribution in [2.24, 2.45) is 5.84 Å². The minimum atomic E-state index is 0.0427. The second kappa shape index (κ2) is 7.54. The molecule has 1 aliphatic heterocycles. The van der Waals surface area contributed by atoms with E-state index in [1.807, 2.05) is 6.07 Å². The van der Waals surface area contributed by atoms with Gasteiger partial charge in [-0.25, -0.2) is 0 Å². The van der Waals surface area contributed by atoms with Crippen LogP contribution < -0.4 is 17.0 Å². The summed E-state index contributed by atoms with van der Waals surface area (Å²) in [4.78, 5) is 6.54. The SMILES string of the molecule is CCCN1CCOC(C(Cc2cnccc2N)NN)C1. The van der Waals surface area contributed by atoms with Crippen molar-refractivity contribution in [3.63, 3.8) is 0 Å². The number of nitrogens with one attached hydrogen (secondary N) is 1. The Hall–Kier alpha value is -1.21. The number of pyridine rings is 1. The van der Waals surface area contributed by atoms with E-state index in [1.54, 1.807) is 12.4 Å². The third-order valence-electron chi connectivity index (χ3n) is 3.76. The minimum Gasteiger partial charge on any atom is -0.398 e. The Bertz CT molecular complexity index is 412. The lowest BCUT2D eigenvalue weighted by Crippen LogP contribution is -2.54. The van der Waals surface area contributed by atoms with Crippen LogP contribution in [-0.2, 0) is 11.2 Å². The summed E-state index contributed by atoms with van der Waals surface area (Å²) in [6.07, 6.45) is 5.46. The Morgan fingerprint density at radius 3 is 3.15 bits per heavy atom. The maximum atomic E-state index is 5.97. The largest absolute Gasteiger partial charge is 0.398 e. The molecule has 0 spiro atoms. The number of hydrogen-bond acceptors (Lipinski definition) is 6. The number of rotatable bonds is 6. The summed E-state index contributed by atoms with van der Waals surface area (Å²) < 4.78 is 5.87. The van der Waals surface area contributed by atoms with Gasteiger partial charge in [-0.1, -0.05) is 6.92 Å². The van der Waals surface area contributed by atoms with E-state index in [1.165, 1.54) is 0 Å². The van der Waals surface area contributed by atoms with Gasteiger partial charge >= 0.3 is 0 Å². The molecule has 2 atom stereocenters. The van der Waals surface area contributed by atoms with Crippen LogP contribution in [0.5, 0.6) is 0 Å². The van der Waals surface area contributed by atoms with Crippen LogP contribution in [0.25, 0.3) is 0 Å². The van der Waals surface area contributed by atoms with E-state index in [0.717, 1.165) is 50.3 Å². The summed E-state index contributed by atoms with van der Waals surface area (Å²) in [5.41, 5.74) is 10.6. The molecule has 0 aromatic carbocycles. The normalized spacial score (nSPS) is 21.8. The van der Waals surface area contributed by atoms with Crippen LogP contribution in [0.15, 0.2) is 18.5 Å². The van der Waals surface area contributed by atoms with Crippen LogP contribution in [0.4, 0.5) is 5.69 Å². The van der Waals surface area contributed by atoms with Crippen molar-refractivity contribution in [3.05, 3.63) is 24.0 Å². The van der Waals surface area contributed by atoms with Crippen LogP contribution in [0, 0.1) is 0 Å². The van der Waals surface area contributed by atoms with Crippen LogP contribution in [0.2, 0.25) is 0 Å². The van der Waals surface area contributed by atoms with Gasteiger partial charge < -0.3 is 10.5 Å². The molecule has 6 nitrogen and oxygen atoms in total. The maximum Gasteiger partial charge on any atom is 0.0871 e. The minimum absolute atomic E-state index is 0.0427. The molecule has 1 aliphatic rings. The summed E-state index contributed by atoms with van der Waals surface area (Å²) >= 11 is 0. The van der Waals surface area contributed by atoms with Crippen LogP contribution in [-0.4, -0.2) is 48.3 Å². The molecule has 5 N–H and O–H groups in total. The highest BCUT2D eigenvalue weighted by atomic mass is 16.5. The van der Waals surface area contributed by atoms with Crippen molar-refractivity contribution < 1.29 is 4.74 Å². The molecule has 0 aliphatic carbocycles. The van der Waals surface area contributed by atoms with Gasteiger partial charge in [-0.2, -0.15) is 0 Å². The number of ether oxygens (including phenoxy) is 1. The number of nitrogens with zero attached hydrogens (tertiary/aromatic N) is 2. The molecule has 0 saturated carbocycles. The Kier molecular flexibility index (Phi) is 5.72. The molecule has 0 bridgehead atoms. The monoisotopic (exact) mass is 279 g/mol. The number of nitrogen functional groups attached to an aromatic ring is 1. The van der Waals surface area contributed by atoms with E-state index < -0.39 is 0 Å². The van der Waals surface area contributed by atoms with E-state index in [4.69, 9.17) is 16.3 Å². The predicted molar refractivity (Wildman–Crippen MR) is 79.9 cm³/mol. The van der Waals surface area contributed by atoms with Crippen molar-refractivity contribution in [2.45, 2.75) is 31.9 Å². The first kappa shape index (κ1) is 15.2. The first-order valence-electron chi connectivity index (χ1n) is 7.23. The van der Waals surface area contributed by atoms with E-state index in [0.29, 0.717) is 0 Å². The highest BCUT2D eigenvalue weighted by molar-refractivity contribution is 5.44. The molecule has 1 saturated heterocycles. The molecule has 1 fully saturated rings. The van der Waals surface area contributed by atoms with Gasteiger partial charge in [-0.15, -0.1) is 0 Å². The average Bonchev–Trinajstić information content (AvgIpc) is 2.47. The summed E-state index contributed by atoms with van der Waals surface area (Å²) in [6, 6.07) is 1.86. The second-order valence-corrected chi connectivity index (χ2v) is 5.26. The van der Waals surface area contributed by atoms with Gasteiger partial charge in [-0.05, 0) is 31.0 Å². The lowest BCUT2D eigenvalue weighted by atomic mass is 10.0. The van der Waals surface area contributed by atoms with Gasteiger partial charge in [0.25, 0.3) is 0 Å². The Balaban J connectivity index is 1.99. The molecule has 1 aromatic heterocycles. The molecule has 2 rings (SSSR count). The fourth-order valence-corrected chi connectivity index (χ4v) is 2.64. The van der Waals surface area contributed by atoms with Crippen molar-refractivity contribution in [3.8, 4) is 0 Å². The standard InChI is InChI=1S/C14H25N5O/c1-2-5-19-6-7-20-14(10-19)13(18-16)8-11-9-17-4-3-12(11)15/h3-4,9,13-14,18H,2,5-8,10,16H2,1H3,(H2,15,17). The summed E-state index contributed by atoms with van der Waals surface area (Å²) in [7, 11) is 0. The third-order valence-corrected chi connectivity index (χ3v) is 3.76. The number of anilines is 1. The average molecular weight is 279 g/mol. The highest BCUT2D eigenvalue weighted by Crippen LogP contribution is 2.16. The number of nitrogens with two attached hydrogens (primary N) is 2. The van der Waals surface area contributed by atoms with E-state index in [9.17, 15) is 0 Å². The topological polar surface area (TPSA) is 89.4 Å². The molecule has 20 heavy (non-hydrogen) atoms. The zero-order valence-corrected chi connectivity index (χ0v) is 12.1. The van der Waals surface area contributed by atoms with Gasteiger partial charge in [0.15, 0.2) is 0 Å². The first-order valence-corrected chi connectivity index (χ1v) is 7.23. The lowest BCUT2D eigenvalue weighted by molar-refractivity contribution is -0.0462. The van der Waals surface area contributed by atoms with Gasteiger partial charge in [-0.3, -0.25) is 21.2 Å². The Morgan fingerprint density at radius 2 is 2.45 bits per heavy atom. The zero-order chi connectivity index (χ0) is 14.4. The quantitative estimate of drug-likeness (QED) is 0.507. The van der Waals surface area contributed by atoms with Crippen molar-refractivity contribution >= 4 is 5.69 Å². The number of morpholine rings is 1. The van der Waals surface area contributed by atoms with E-state index in [2.05, 4.69) is 22.2 Å². The number of aromatic nitrogens is 1. The summed E-state index contributed by atoms with van der Waals surface area (Å²) in [5.74, 6) is 5.71. The fraction of sp³-hybridized carbons (Fsp3) is 0.643. The highest BCUT2D eigenvalue weighted by Gasteiger charge is 2.27. The lowest BCUT2D eigenvalue weighted by Gasteiger charge is -2.36. The predicted octanol–water partition coefficient (Wildman–Crippen LogP) is 0.149. The third kappa shape index (κ3) is 3.89. The molecule has 2 heterocycles. The van der Waals surface area contributed by atoms with E-state index in [-0.39, 0.29) is 12.1 Å². The Morgan fingerprint density at radius 1 is 1.60 bits per heavy atom. The van der Waals surface area contributed by atoms with E-state index >= 15 is 0 Å². The van der Waals surface area contributed by atoms with Gasteiger partial charge in [0, 0.05) is 31.2 Å². The zero-order valence-electron chi connectivity index (χ0n) is 12.1. The van der Waals surface area contributed by atoms with Gasteiger partial charge in [0.05, 0.1) is 18.8 Å². The Labute approximate surface area is 120 Å². The molecule has 0 amide bonds. The van der Waals surface area contributed by atoms with Crippen molar-refractivity contribution in [1.82, 2.24) is 15.3 Å². The van der Waals surface area contributed by atoms with Gasteiger partial charge in [0.1, 0.15) is 0 Å². The number of hydrogen-bond donors (Lipinski definition) is 3. The van der Waals surface area contributed by atoms with Gasteiger partial charge in [0.2, 0.25) is 0 Å². The van der Waals surface area contributed by atoms with Crippen molar-refractivity contribution in [2.75, 3.05) is 32.0 Å². The molecular formula is C14H25N5O. The second-order valence-electron chi connectivity index (χ2n) is 5.26. The summed E-state index contributed by atoms with van der Waals surface area (Å²) in [5, 5.41) is 0. The van der Waals surface area contributed by atoms with Crippen LogP contribution in [0.1, 0.15) is 18.9 Å². The molecule has 1 aromatic rings. The smallest absolute Gasteiger partial charge is 0.0871 e. The summed E-state index contributed by atoms with van der Waals surface area (Å²) in [6.45, 7) is 5.95. The van der Waals surface area contributed by atoms with Crippen LogP contribution in [0.3, 0.4) is 0 Å². The number of hydrazine groups is 1. The van der Waals surface area contributed by atoms with Crippen molar-refractivity contribution in [1.29, 1.82) is 0 Å². The fourth-order valence-electron chi connectivity index (χ4n) is 2.64. The molecular weight excluding hydrogens is 254 g/mol.